The van der Waals surface area contributed by atoms with Gasteiger partial charge >= 0.3 is 11.8 Å². The fraction of sp³-hybridized carbons (Fsp3) is 0.769. The average molecular weight is 249 g/mol. The fourth-order valence-electron chi connectivity index (χ4n) is 3.15. The molecule has 18 heavy (non-hydrogen) atoms. The first-order valence-corrected chi connectivity index (χ1v) is 6.61. The summed E-state index contributed by atoms with van der Waals surface area (Å²) in [6.45, 7) is 1.25. The fourth-order valence-corrected chi connectivity index (χ4v) is 3.15. The van der Waals surface area contributed by atoms with Gasteiger partial charge in [0.2, 0.25) is 0 Å². The van der Waals surface area contributed by atoms with E-state index < -0.39 is 11.8 Å². The van der Waals surface area contributed by atoms with Crippen LogP contribution in [0, 0.1) is 16.7 Å². The van der Waals surface area contributed by atoms with Crippen molar-refractivity contribution in [1.82, 2.24) is 10.2 Å². The summed E-state index contributed by atoms with van der Waals surface area (Å²) in [4.78, 5) is 24.9. The van der Waals surface area contributed by atoms with Crippen LogP contribution in [0.5, 0.6) is 0 Å². The molecule has 0 bridgehead atoms. The summed E-state index contributed by atoms with van der Waals surface area (Å²) in [6.07, 6.45) is 7.19. The van der Waals surface area contributed by atoms with Crippen molar-refractivity contribution in [2.45, 2.75) is 38.5 Å². The zero-order chi connectivity index (χ0) is 13.0. The molecule has 5 nitrogen and oxygen atoms in total. The van der Waals surface area contributed by atoms with Gasteiger partial charge in [0.05, 0.1) is 6.07 Å². The maximum Gasteiger partial charge on any atom is 0.311 e. The Kier molecular flexibility index (Phi) is 3.85. The smallest absolute Gasteiger partial charge is 0.311 e. The molecule has 2 fully saturated rings. The SMILES string of the molecule is N#CCNC(=O)C(=O)N1CCC2(CCCC2)CC1. The highest BCUT2D eigenvalue weighted by atomic mass is 16.2. The molecule has 0 atom stereocenters. The van der Waals surface area contributed by atoms with Gasteiger partial charge in [-0.15, -0.1) is 0 Å². The van der Waals surface area contributed by atoms with Crippen molar-refractivity contribution in [3.63, 3.8) is 0 Å². The lowest BCUT2D eigenvalue weighted by Crippen LogP contribution is -2.48. The van der Waals surface area contributed by atoms with E-state index in [9.17, 15) is 9.59 Å². The first-order valence-electron chi connectivity index (χ1n) is 6.61. The molecule has 98 valence electrons. The van der Waals surface area contributed by atoms with Gasteiger partial charge < -0.3 is 10.2 Å². The molecule has 1 aliphatic heterocycles. The highest BCUT2D eigenvalue weighted by Crippen LogP contribution is 2.46. The number of carbonyl (C=O) groups excluding carboxylic acids is 2. The molecule has 2 aliphatic rings. The molecule has 2 rings (SSSR count). The third-order valence-corrected chi connectivity index (χ3v) is 4.30. The number of likely N-dealkylation sites (tertiary alicyclic amines) is 1. The van der Waals surface area contributed by atoms with Crippen molar-refractivity contribution in [3.8, 4) is 6.07 Å². The second-order valence-corrected chi connectivity index (χ2v) is 5.34. The summed E-state index contributed by atoms with van der Waals surface area (Å²) >= 11 is 0. The van der Waals surface area contributed by atoms with Gasteiger partial charge in [0, 0.05) is 13.1 Å². The van der Waals surface area contributed by atoms with E-state index in [1.165, 1.54) is 25.7 Å². The van der Waals surface area contributed by atoms with Crippen molar-refractivity contribution in [2.24, 2.45) is 5.41 Å². The van der Waals surface area contributed by atoms with Crippen LogP contribution in [0.15, 0.2) is 0 Å². The normalized spacial score (nSPS) is 21.6. The van der Waals surface area contributed by atoms with Crippen LogP contribution in [0.2, 0.25) is 0 Å². The minimum absolute atomic E-state index is 0.109. The molecule has 1 saturated heterocycles. The number of hydrogen-bond donors (Lipinski definition) is 1. The van der Waals surface area contributed by atoms with Crippen LogP contribution in [0.25, 0.3) is 0 Å². The first kappa shape index (κ1) is 12.9. The number of nitrogens with zero attached hydrogens (tertiary/aromatic N) is 2. The predicted molar refractivity (Wildman–Crippen MR) is 65.3 cm³/mol. The summed E-state index contributed by atoms with van der Waals surface area (Å²) < 4.78 is 0. The maximum atomic E-state index is 11.8. The van der Waals surface area contributed by atoms with E-state index in [1.807, 2.05) is 0 Å². The Bertz CT molecular complexity index is 370. The molecule has 0 aromatic rings. The number of piperidine rings is 1. The lowest BCUT2D eigenvalue weighted by molar-refractivity contribution is -0.147. The monoisotopic (exact) mass is 249 g/mol. The van der Waals surface area contributed by atoms with Gasteiger partial charge in [0.15, 0.2) is 0 Å². The van der Waals surface area contributed by atoms with Gasteiger partial charge in [0.25, 0.3) is 0 Å². The highest BCUT2D eigenvalue weighted by Gasteiger charge is 2.38. The molecule has 1 N–H and O–H groups in total. The molecule has 1 saturated carbocycles. The van der Waals surface area contributed by atoms with Gasteiger partial charge in [0.1, 0.15) is 6.54 Å². The lowest BCUT2D eigenvalue weighted by atomic mass is 9.77. The van der Waals surface area contributed by atoms with Crippen LogP contribution in [-0.4, -0.2) is 36.3 Å². The number of carbonyl (C=O) groups is 2. The van der Waals surface area contributed by atoms with Gasteiger partial charge in [-0.3, -0.25) is 9.59 Å². The molecular weight excluding hydrogens is 230 g/mol. The van der Waals surface area contributed by atoms with E-state index in [2.05, 4.69) is 5.32 Å². The lowest BCUT2D eigenvalue weighted by Gasteiger charge is -2.39. The quantitative estimate of drug-likeness (QED) is 0.552. The van der Waals surface area contributed by atoms with Crippen LogP contribution >= 0.6 is 0 Å². The number of hydrogen-bond acceptors (Lipinski definition) is 3. The molecule has 1 heterocycles. The van der Waals surface area contributed by atoms with E-state index in [-0.39, 0.29) is 6.54 Å². The third-order valence-electron chi connectivity index (χ3n) is 4.30. The van der Waals surface area contributed by atoms with Gasteiger partial charge in [-0.2, -0.15) is 5.26 Å². The first-order chi connectivity index (χ1) is 8.67. The number of nitrogens with one attached hydrogen (secondary N) is 1. The predicted octanol–water partition coefficient (Wildman–Crippen LogP) is 0.809. The van der Waals surface area contributed by atoms with Crippen LogP contribution in [0.1, 0.15) is 38.5 Å². The van der Waals surface area contributed by atoms with E-state index >= 15 is 0 Å². The minimum Gasteiger partial charge on any atom is -0.335 e. The Morgan fingerprint density at radius 1 is 1.17 bits per heavy atom. The third kappa shape index (κ3) is 2.63. The van der Waals surface area contributed by atoms with Crippen molar-refractivity contribution in [3.05, 3.63) is 0 Å². The average Bonchev–Trinajstić information content (AvgIpc) is 2.84. The summed E-state index contributed by atoms with van der Waals surface area (Å²) in [5.41, 5.74) is 0.444. The number of nitriles is 1. The standard InChI is InChI=1S/C13H19N3O2/c14-7-8-15-11(17)12(18)16-9-5-13(6-10-16)3-1-2-4-13/h1-6,8-10H2,(H,15,17). The highest BCUT2D eigenvalue weighted by molar-refractivity contribution is 6.35. The molecule has 1 aliphatic carbocycles. The molecule has 0 aromatic carbocycles. The maximum absolute atomic E-state index is 11.8. The van der Waals surface area contributed by atoms with E-state index in [0.717, 1.165) is 12.8 Å². The van der Waals surface area contributed by atoms with Crippen molar-refractivity contribution in [1.29, 1.82) is 5.26 Å². The minimum atomic E-state index is -0.654. The number of rotatable bonds is 1. The van der Waals surface area contributed by atoms with Crippen LogP contribution in [0.4, 0.5) is 0 Å². The molecule has 2 amide bonds. The van der Waals surface area contributed by atoms with Crippen LogP contribution in [0.3, 0.4) is 0 Å². The molecule has 1 spiro atoms. The van der Waals surface area contributed by atoms with Gasteiger partial charge in [-0.1, -0.05) is 12.8 Å². The Morgan fingerprint density at radius 2 is 1.78 bits per heavy atom. The summed E-state index contributed by atoms with van der Waals surface area (Å²) in [7, 11) is 0. The molecule has 0 unspecified atom stereocenters. The van der Waals surface area contributed by atoms with Crippen molar-refractivity contribution >= 4 is 11.8 Å². The Morgan fingerprint density at radius 3 is 2.33 bits per heavy atom. The molecular formula is C13H19N3O2. The largest absolute Gasteiger partial charge is 0.335 e. The van der Waals surface area contributed by atoms with Crippen LogP contribution in [-0.2, 0) is 9.59 Å². The Hall–Kier alpha value is -1.57. The Balaban J connectivity index is 1.84. The van der Waals surface area contributed by atoms with E-state index in [1.54, 1.807) is 11.0 Å². The summed E-state index contributed by atoms with van der Waals surface area (Å²) in [6, 6.07) is 1.79. The second kappa shape index (κ2) is 5.38. The summed E-state index contributed by atoms with van der Waals surface area (Å²) in [5.74, 6) is -1.14. The molecule has 0 aromatic heterocycles. The number of amides is 2. The van der Waals surface area contributed by atoms with Gasteiger partial charge in [-0.25, -0.2) is 0 Å². The summed E-state index contributed by atoms with van der Waals surface area (Å²) in [5, 5.41) is 10.7. The van der Waals surface area contributed by atoms with E-state index in [0.29, 0.717) is 18.5 Å². The van der Waals surface area contributed by atoms with Crippen LogP contribution < -0.4 is 5.32 Å². The molecule has 0 radical (unpaired) electrons. The zero-order valence-electron chi connectivity index (χ0n) is 10.6. The van der Waals surface area contributed by atoms with E-state index in [4.69, 9.17) is 5.26 Å². The second-order valence-electron chi connectivity index (χ2n) is 5.34. The zero-order valence-corrected chi connectivity index (χ0v) is 10.6. The van der Waals surface area contributed by atoms with Gasteiger partial charge in [-0.05, 0) is 31.1 Å². The van der Waals surface area contributed by atoms with Crippen molar-refractivity contribution in [2.75, 3.05) is 19.6 Å². The van der Waals surface area contributed by atoms with Crippen molar-refractivity contribution < 1.29 is 9.59 Å². The topological polar surface area (TPSA) is 73.2 Å². The molecule has 5 heteroatoms. The Labute approximate surface area is 107 Å².